The average molecular weight is 282 g/mol. The zero-order chi connectivity index (χ0) is 6.00. The maximum absolute atomic E-state index is 8.39. The van der Waals surface area contributed by atoms with E-state index in [0.717, 1.165) is 0 Å². The Kier molecular flexibility index (Phi) is 264. The zero-order valence-electron chi connectivity index (χ0n) is 3.14. The van der Waals surface area contributed by atoms with Gasteiger partial charge in [-0.3, -0.25) is 0 Å². The molecule has 0 spiro atoms. The fraction of sp³-hybridized carbons (Fsp3) is 0. The predicted octanol–water partition coefficient (Wildman–Crippen LogP) is -1.66. The van der Waals surface area contributed by atoms with Gasteiger partial charge in [0.05, 0.1) is 0 Å². The van der Waals surface area contributed by atoms with Crippen LogP contribution in [0.2, 0.25) is 0 Å². The van der Waals surface area contributed by atoms with Gasteiger partial charge in [0.1, 0.15) is 0 Å². The quantitative estimate of drug-likeness (QED) is 0.500. The zero-order valence-corrected chi connectivity index (χ0v) is 9.56. The normalized spacial score (nSPS) is 1.50. The van der Waals surface area contributed by atoms with E-state index in [1.807, 2.05) is 0 Å². The molecule has 0 aliphatic heterocycles. The van der Waals surface area contributed by atoms with E-state index in [1.165, 1.54) is 0 Å². The Hall–Kier alpha value is 1.34. The second kappa shape index (κ2) is 101. The fourth-order valence-corrected chi connectivity index (χ4v) is 0. The molecule has 0 aliphatic carbocycles. The Morgan fingerprint density at radius 3 is 0.833 bits per heavy atom. The molecular formula is H2Al2HfO3. The van der Waals surface area contributed by atoms with Crippen molar-refractivity contribution in [2.75, 3.05) is 0 Å². The number of rotatable bonds is 0. The SMILES string of the molecule is [O]=[AlH].[O]=[AlH].[O]=[Hf]. The molecular weight excluding hydrogens is 280 g/mol. The molecule has 0 rings (SSSR count). The molecule has 0 aromatic carbocycles. The first-order chi connectivity index (χ1) is 3.00. The van der Waals surface area contributed by atoms with E-state index in [9.17, 15) is 0 Å². The molecule has 6 heteroatoms. The molecule has 0 heterocycles. The summed E-state index contributed by atoms with van der Waals surface area (Å²) in [7, 11) is 0. The molecule has 30 valence electrons. The molecule has 0 aliphatic rings. The van der Waals surface area contributed by atoms with Crippen molar-refractivity contribution in [3.8, 4) is 0 Å². The third-order valence-electron chi connectivity index (χ3n) is 0. The summed E-state index contributed by atoms with van der Waals surface area (Å²) >= 11 is 1.28. The molecule has 0 saturated carbocycles. The summed E-state index contributed by atoms with van der Waals surface area (Å²) in [5.74, 6) is 0. The van der Waals surface area contributed by atoms with Crippen LogP contribution in [0, 0.1) is 0 Å². The molecule has 0 aromatic heterocycles. The van der Waals surface area contributed by atoms with Gasteiger partial charge in [0.25, 0.3) is 0 Å². The number of hydrogen-bond acceptors (Lipinski definition) is 3. The van der Waals surface area contributed by atoms with E-state index in [4.69, 9.17) is 10.5 Å². The van der Waals surface area contributed by atoms with Crippen molar-refractivity contribution < 1.29 is 34.8 Å². The van der Waals surface area contributed by atoms with Gasteiger partial charge in [-0.15, -0.1) is 0 Å². The van der Waals surface area contributed by atoms with Gasteiger partial charge in [0.2, 0.25) is 0 Å². The Labute approximate surface area is 66.8 Å². The Balaban J connectivity index is -0.0000000225. The minimum absolute atomic E-state index is 0.0556. The summed E-state index contributed by atoms with van der Waals surface area (Å²) in [5, 5.41) is 0. The monoisotopic (exact) mass is 284 g/mol. The summed E-state index contributed by atoms with van der Waals surface area (Å²) in [4.78, 5) is 0. The van der Waals surface area contributed by atoms with Gasteiger partial charge in [-0.25, -0.2) is 0 Å². The Morgan fingerprint density at radius 2 is 0.833 bits per heavy atom. The van der Waals surface area contributed by atoms with Gasteiger partial charge in [-0.1, -0.05) is 0 Å². The van der Waals surface area contributed by atoms with Crippen LogP contribution in [0.15, 0.2) is 0 Å². The summed E-state index contributed by atoms with van der Waals surface area (Å²) in [5.41, 5.74) is 0. The van der Waals surface area contributed by atoms with Crippen molar-refractivity contribution in [2.24, 2.45) is 0 Å². The maximum atomic E-state index is 8.39. The molecule has 0 atom stereocenters. The second-order valence-electron chi connectivity index (χ2n) is 0. The number of hydrogen-bond donors (Lipinski definition) is 0. The van der Waals surface area contributed by atoms with Gasteiger partial charge < -0.3 is 0 Å². The summed E-state index contributed by atoms with van der Waals surface area (Å²) in [6, 6.07) is 0. The van der Waals surface area contributed by atoms with Crippen molar-refractivity contribution in [2.45, 2.75) is 0 Å². The molecule has 0 fully saturated rings. The molecule has 6 heavy (non-hydrogen) atoms. The van der Waals surface area contributed by atoms with E-state index >= 15 is 0 Å². The topological polar surface area (TPSA) is 51.2 Å². The van der Waals surface area contributed by atoms with E-state index in [0.29, 0.717) is 32.4 Å². The van der Waals surface area contributed by atoms with Crippen LogP contribution in [0.25, 0.3) is 0 Å². The van der Waals surface area contributed by atoms with Crippen LogP contribution in [0.1, 0.15) is 0 Å². The van der Waals surface area contributed by atoms with Crippen LogP contribution in [-0.4, -0.2) is 32.4 Å². The molecule has 0 amide bonds. The molecule has 3 nitrogen and oxygen atoms in total. The molecule has 0 aromatic rings. The van der Waals surface area contributed by atoms with Crippen LogP contribution < -0.4 is 0 Å². The van der Waals surface area contributed by atoms with Gasteiger partial charge in [-0.05, 0) is 0 Å². The summed E-state index contributed by atoms with van der Waals surface area (Å²) < 4.78 is 24.9. The fourth-order valence-electron chi connectivity index (χ4n) is 0. The Morgan fingerprint density at radius 1 is 0.833 bits per heavy atom. The minimum atomic E-state index is 0.0556. The van der Waals surface area contributed by atoms with Crippen LogP contribution >= 0.6 is 0 Å². The van der Waals surface area contributed by atoms with Crippen LogP contribution in [0.3, 0.4) is 0 Å². The third-order valence-corrected chi connectivity index (χ3v) is 0. The summed E-state index contributed by atoms with van der Waals surface area (Å²) in [6.45, 7) is 0. The Bertz CT molecular complexity index is 13.5. The first-order valence-electron chi connectivity index (χ1n) is 0.781. The van der Waals surface area contributed by atoms with Gasteiger partial charge in [0.15, 0.2) is 0 Å². The summed E-state index contributed by atoms with van der Waals surface area (Å²) in [6.07, 6.45) is 0. The standard InChI is InChI=1S/2Al.Hf.3O.2H. The van der Waals surface area contributed by atoms with E-state index in [-0.39, 0.29) is 24.4 Å². The molecule has 0 N–H and O–H groups in total. The van der Waals surface area contributed by atoms with Crippen LogP contribution in [-0.2, 0) is 34.8 Å². The first kappa shape index (κ1) is 15.7. The molecule has 0 radical (unpaired) electrons. The van der Waals surface area contributed by atoms with E-state index in [2.05, 4.69) is 0 Å². The molecule has 0 saturated heterocycles. The van der Waals surface area contributed by atoms with Crippen molar-refractivity contribution in [1.29, 1.82) is 0 Å². The van der Waals surface area contributed by atoms with Crippen LogP contribution in [0.5, 0.6) is 0 Å². The van der Waals surface area contributed by atoms with E-state index < -0.39 is 0 Å². The van der Waals surface area contributed by atoms with Crippen molar-refractivity contribution in [3.63, 3.8) is 0 Å². The van der Waals surface area contributed by atoms with Crippen LogP contribution in [0.4, 0.5) is 0 Å². The predicted molar refractivity (Wildman–Crippen MR) is 16.4 cm³/mol. The van der Waals surface area contributed by atoms with E-state index in [1.54, 1.807) is 0 Å². The van der Waals surface area contributed by atoms with Crippen molar-refractivity contribution >= 4 is 32.4 Å². The third kappa shape index (κ3) is 56.3. The average Bonchev–Trinajstić information content (AvgIpc) is 1.81. The van der Waals surface area contributed by atoms with Gasteiger partial charge in [0, 0.05) is 0 Å². The van der Waals surface area contributed by atoms with Crippen molar-refractivity contribution in [1.82, 2.24) is 0 Å². The molecule has 0 unspecified atom stereocenters. The first-order valence-corrected chi connectivity index (χ1v) is 3.40. The molecule has 0 bridgehead atoms. The second-order valence-corrected chi connectivity index (χ2v) is 0. The van der Waals surface area contributed by atoms with Gasteiger partial charge in [-0.2, -0.15) is 0 Å². The van der Waals surface area contributed by atoms with Crippen molar-refractivity contribution in [3.05, 3.63) is 0 Å². The van der Waals surface area contributed by atoms with Gasteiger partial charge >= 0.3 is 67.3 Å².